The van der Waals surface area contributed by atoms with Crippen LogP contribution in [0.5, 0.6) is 5.88 Å². The zero-order valence-electron chi connectivity index (χ0n) is 34.4. The van der Waals surface area contributed by atoms with Crippen molar-refractivity contribution in [1.82, 2.24) is 24.1 Å². The predicted molar refractivity (Wildman–Crippen MR) is 217 cm³/mol. The van der Waals surface area contributed by atoms with Crippen LogP contribution in [0.4, 0.5) is 5.82 Å². The van der Waals surface area contributed by atoms with Gasteiger partial charge in [-0.2, -0.15) is 4.37 Å². The minimum Gasteiger partial charge on any atom is -0.470 e. The van der Waals surface area contributed by atoms with Gasteiger partial charge in [-0.25, -0.2) is 21.6 Å². The van der Waals surface area contributed by atoms with Crippen molar-refractivity contribution in [2.45, 2.75) is 112 Å². The molecule has 0 unspecified atom stereocenters. The number of esters is 2. The Balaban J connectivity index is 1.28. The fourth-order valence-corrected chi connectivity index (χ4v) is 11.7. The van der Waals surface area contributed by atoms with E-state index in [1.54, 1.807) is 6.92 Å². The molecular weight excluding hydrogens is 853 g/mol. The summed E-state index contributed by atoms with van der Waals surface area (Å²) in [6.07, 6.45) is -2.83. The number of thiophene rings is 1. The van der Waals surface area contributed by atoms with Crippen molar-refractivity contribution in [1.29, 1.82) is 0 Å². The lowest BCUT2D eigenvalue weighted by atomic mass is 9.90. The maximum Gasteiger partial charge on any atom is 0.307 e. The van der Waals surface area contributed by atoms with Gasteiger partial charge in [0.15, 0.2) is 27.5 Å². The van der Waals surface area contributed by atoms with Crippen molar-refractivity contribution in [3.8, 4) is 5.88 Å². The van der Waals surface area contributed by atoms with E-state index in [1.165, 1.54) is 19.9 Å². The van der Waals surface area contributed by atoms with E-state index in [0.717, 1.165) is 18.7 Å². The Kier molecular flexibility index (Phi) is 16.5. The van der Waals surface area contributed by atoms with Crippen molar-refractivity contribution in [3.63, 3.8) is 0 Å². The molecule has 2 aromatic rings. The van der Waals surface area contributed by atoms with E-state index in [1.807, 2.05) is 37.3 Å². The van der Waals surface area contributed by atoms with E-state index in [2.05, 4.69) is 19.4 Å². The molecule has 1 amide bonds. The summed E-state index contributed by atoms with van der Waals surface area (Å²) in [4.78, 5) is 66.9. The van der Waals surface area contributed by atoms with Gasteiger partial charge >= 0.3 is 11.9 Å². The van der Waals surface area contributed by atoms with Gasteiger partial charge < -0.3 is 34.5 Å². The summed E-state index contributed by atoms with van der Waals surface area (Å²) in [7, 11) is -8.41. The van der Waals surface area contributed by atoms with Crippen molar-refractivity contribution in [2.75, 3.05) is 50.9 Å². The van der Waals surface area contributed by atoms with Crippen LogP contribution in [-0.4, -0.2) is 124 Å². The zero-order valence-corrected chi connectivity index (χ0v) is 37.7. The number of carbonyl (C=O) groups is 5. The summed E-state index contributed by atoms with van der Waals surface area (Å²) in [5.41, 5.74) is -0.0276. The van der Waals surface area contributed by atoms with E-state index in [-0.39, 0.29) is 34.9 Å². The number of morpholine rings is 1. The lowest BCUT2D eigenvalue weighted by Gasteiger charge is -2.27. The van der Waals surface area contributed by atoms with E-state index >= 15 is 0 Å². The summed E-state index contributed by atoms with van der Waals surface area (Å²) in [5.74, 6) is -6.92. The Labute approximate surface area is 352 Å². The van der Waals surface area contributed by atoms with Gasteiger partial charge in [0.05, 0.1) is 54.9 Å². The van der Waals surface area contributed by atoms with Crippen LogP contribution >= 0.6 is 23.1 Å². The van der Waals surface area contributed by atoms with Gasteiger partial charge in [-0.3, -0.25) is 24.0 Å². The molecule has 6 atom stereocenters. The largest absolute Gasteiger partial charge is 0.470 e. The van der Waals surface area contributed by atoms with Gasteiger partial charge in [0.1, 0.15) is 21.1 Å². The predicted octanol–water partition coefficient (Wildman–Crippen LogP) is 1.96. The van der Waals surface area contributed by atoms with Gasteiger partial charge in [0.2, 0.25) is 11.7 Å². The van der Waals surface area contributed by atoms with Crippen molar-refractivity contribution in [3.05, 3.63) is 11.6 Å². The van der Waals surface area contributed by atoms with Crippen molar-refractivity contribution in [2.24, 2.45) is 11.8 Å². The third-order valence-corrected chi connectivity index (χ3v) is 15.8. The molecule has 1 fully saturated rings. The Morgan fingerprint density at radius 1 is 1.00 bits per heavy atom. The number of amides is 1. The standard InChI is InChI=1S/C36H54N6O13S4/c1-9-37-26-16-20(2)58(48,49)35-25(26)17-29(56-35)59(50,51)41-33(47)22(4)30(45)21(3)31(46)23(5)54-27(43)10-11-28(44)55-24(18-38-36(6,7)8)19-53-34-32(39-57-40-34)42-12-14-52-15-13-42/h17,20-24,26,37-38H,9-16,18-19H2,1-8H3,(H,41,47)/t20-,21+,22-,23-,24-,26-/m0/s1. The summed E-state index contributed by atoms with van der Waals surface area (Å²) in [6.45, 7) is 15.7. The maximum atomic E-state index is 13.2. The van der Waals surface area contributed by atoms with Gasteiger partial charge in [-0.05, 0) is 67.5 Å². The molecular formula is C36H54N6O13S4. The Morgan fingerprint density at radius 3 is 2.27 bits per heavy atom. The second-order valence-electron chi connectivity index (χ2n) is 15.4. The first kappa shape index (κ1) is 48.1. The number of Topliss-reactive ketones (excluding diaryl/α,β-unsaturated/α-hetero) is 2. The van der Waals surface area contributed by atoms with E-state index < -0.39 is 102 Å². The number of sulfone groups is 1. The Bertz CT molecular complexity index is 2060. The number of nitrogens with one attached hydrogen (secondary N) is 3. The number of ketones is 2. The number of carbonyl (C=O) groups excluding carboxylic acids is 5. The number of anilines is 1. The second kappa shape index (κ2) is 20.3. The van der Waals surface area contributed by atoms with E-state index in [4.69, 9.17) is 18.9 Å². The molecule has 330 valence electrons. The highest BCUT2D eigenvalue weighted by atomic mass is 32.3. The summed E-state index contributed by atoms with van der Waals surface area (Å²) < 4.78 is 84.5. The average Bonchev–Trinajstić information content (AvgIpc) is 3.85. The van der Waals surface area contributed by atoms with Crippen LogP contribution in [0, 0.1) is 11.8 Å². The van der Waals surface area contributed by atoms with Gasteiger partial charge in [0, 0.05) is 36.8 Å². The minimum absolute atomic E-state index is 0.0570. The molecule has 59 heavy (non-hydrogen) atoms. The quantitative estimate of drug-likeness (QED) is 0.127. The molecule has 0 saturated carbocycles. The molecule has 19 nitrogen and oxygen atoms in total. The Hall–Kier alpha value is -3.61. The first-order valence-electron chi connectivity index (χ1n) is 19.2. The first-order chi connectivity index (χ1) is 27.5. The number of hydrogen-bond donors (Lipinski definition) is 3. The smallest absolute Gasteiger partial charge is 0.307 e. The van der Waals surface area contributed by atoms with Crippen LogP contribution in [0.15, 0.2) is 14.5 Å². The second-order valence-corrected chi connectivity index (χ2v) is 21.5. The third kappa shape index (κ3) is 12.7. The van der Waals surface area contributed by atoms with Crippen LogP contribution in [0.25, 0.3) is 0 Å². The summed E-state index contributed by atoms with van der Waals surface area (Å²) in [6, 6.07) is 0.796. The minimum atomic E-state index is -4.61. The monoisotopic (exact) mass is 906 g/mol. The van der Waals surface area contributed by atoms with Crippen LogP contribution < -0.4 is 25.0 Å². The molecule has 4 heterocycles. The molecule has 2 aliphatic heterocycles. The number of hydrogen-bond acceptors (Lipinski definition) is 20. The molecule has 1 saturated heterocycles. The van der Waals surface area contributed by atoms with Crippen LogP contribution in [0.2, 0.25) is 0 Å². The van der Waals surface area contributed by atoms with E-state index in [0.29, 0.717) is 55.9 Å². The van der Waals surface area contributed by atoms with Crippen LogP contribution in [0.3, 0.4) is 0 Å². The summed E-state index contributed by atoms with van der Waals surface area (Å²) in [5, 5.41) is 5.66. The van der Waals surface area contributed by atoms with Crippen LogP contribution in [0.1, 0.15) is 86.3 Å². The Morgan fingerprint density at radius 2 is 1.64 bits per heavy atom. The van der Waals surface area contributed by atoms with E-state index in [9.17, 15) is 40.8 Å². The lowest BCUT2D eigenvalue weighted by Crippen LogP contribution is -2.44. The van der Waals surface area contributed by atoms with Gasteiger partial charge in [0.25, 0.3) is 15.9 Å². The number of aromatic nitrogens is 2. The molecule has 0 bridgehead atoms. The van der Waals surface area contributed by atoms with Gasteiger partial charge in [-0.15, -0.1) is 15.7 Å². The molecule has 0 aliphatic carbocycles. The zero-order chi connectivity index (χ0) is 43.9. The highest BCUT2D eigenvalue weighted by molar-refractivity contribution is 7.95. The molecule has 0 spiro atoms. The molecule has 0 radical (unpaired) electrons. The average molecular weight is 907 g/mol. The fourth-order valence-electron chi connectivity index (χ4n) is 6.16. The van der Waals surface area contributed by atoms with Gasteiger partial charge in [-0.1, -0.05) is 6.92 Å². The number of nitrogens with zero attached hydrogens (tertiary/aromatic N) is 3. The molecule has 23 heteroatoms. The summed E-state index contributed by atoms with van der Waals surface area (Å²) >= 11 is 1.51. The number of sulfonamides is 1. The number of ether oxygens (including phenoxy) is 4. The van der Waals surface area contributed by atoms with Crippen molar-refractivity contribution < 1.29 is 59.8 Å². The van der Waals surface area contributed by atoms with Crippen LogP contribution in [-0.2, 0) is 58.0 Å². The molecule has 4 rings (SSSR count). The number of fused-ring (bicyclic) bond motifs is 1. The normalized spacial score (nSPS) is 20.0. The van der Waals surface area contributed by atoms with Crippen molar-refractivity contribution >= 4 is 78.2 Å². The number of rotatable bonds is 20. The highest BCUT2D eigenvalue weighted by Gasteiger charge is 2.41. The molecule has 3 N–H and O–H groups in total. The lowest BCUT2D eigenvalue weighted by molar-refractivity contribution is -0.159. The fraction of sp³-hybridized carbons (Fsp3) is 0.694. The molecule has 2 aromatic heterocycles. The molecule has 2 aliphatic rings. The third-order valence-electron chi connectivity index (χ3n) is 9.62. The maximum absolute atomic E-state index is 13.2. The SMILES string of the molecule is CCN[C@H]1C[C@H](C)S(=O)(=O)c2sc(S(=O)(=O)NC(=O)[C@@H](C)C(=O)[C@@H](C)C(=O)[C@H](C)OC(=O)CCC(=O)O[C@@H](CNC(C)(C)C)COc3nsnc3N3CCOCC3)cc21. The molecule has 0 aromatic carbocycles. The first-order valence-corrected chi connectivity index (χ1v) is 23.8. The highest BCUT2D eigenvalue weighted by Crippen LogP contribution is 2.42. The topological polar surface area (TPSA) is 256 Å².